The van der Waals surface area contributed by atoms with Crippen LogP contribution in [0.5, 0.6) is 0 Å². The molecule has 0 bridgehead atoms. The van der Waals surface area contributed by atoms with Gasteiger partial charge in [0.25, 0.3) is 5.56 Å². The normalized spacial score (nSPS) is 33.1. The van der Waals surface area contributed by atoms with E-state index in [-0.39, 0.29) is 29.2 Å². The predicted molar refractivity (Wildman–Crippen MR) is 198 cm³/mol. The van der Waals surface area contributed by atoms with Gasteiger partial charge in [0.15, 0.2) is 0 Å². The highest BCUT2D eigenvalue weighted by atomic mass is 19.1. The molecule has 3 heterocycles. The van der Waals surface area contributed by atoms with E-state index in [9.17, 15) is 18.8 Å². The number of halogens is 1. The first-order chi connectivity index (χ1) is 25.5. The number of ketones is 1. The van der Waals surface area contributed by atoms with Crippen LogP contribution in [0.3, 0.4) is 0 Å². The van der Waals surface area contributed by atoms with E-state index in [0.717, 1.165) is 37.7 Å². The van der Waals surface area contributed by atoms with Crippen LogP contribution in [0.4, 0.5) is 15.8 Å². The fourth-order valence-corrected chi connectivity index (χ4v) is 11.7. The number of carbonyl (C=O) groups is 2. The molecule has 4 aliphatic carbocycles. The van der Waals surface area contributed by atoms with Gasteiger partial charge in [-0.2, -0.15) is 10.2 Å². The molecule has 0 spiro atoms. The monoisotopic (exact) mass is 721 g/mol. The molecule has 0 radical (unpaired) electrons. The van der Waals surface area contributed by atoms with Crippen molar-refractivity contribution in [3.63, 3.8) is 0 Å². The quantitative estimate of drug-likeness (QED) is 0.189. The summed E-state index contributed by atoms with van der Waals surface area (Å²) in [6.45, 7) is 5.31. The summed E-state index contributed by atoms with van der Waals surface area (Å²) in [5, 5.41) is 18.5. The maximum atomic E-state index is 14.7. The summed E-state index contributed by atoms with van der Waals surface area (Å²) in [5.41, 5.74) is 2.57. The molecule has 9 atom stereocenters. The molecule has 3 N–H and O–H groups in total. The van der Waals surface area contributed by atoms with E-state index >= 15 is 0 Å². The predicted octanol–water partition coefficient (Wildman–Crippen LogP) is 6.82. The molecule has 4 aromatic rings. The fraction of sp³-hybridized carbons (Fsp3) is 0.561. The minimum Gasteiger partial charge on any atom is -0.377 e. The molecule has 53 heavy (non-hydrogen) atoms. The maximum Gasteiger partial charge on any atom is 0.272 e. The zero-order valence-electron chi connectivity index (χ0n) is 30.7. The van der Waals surface area contributed by atoms with Crippen molar-refractivity contribution >= 4 is 33.8 Å². The minimum atomic E-state index is -0.523. The van der Waals surface area contributed by atoms with Crippen LogP contribution in [-0.2, 0) is 21.4 Å². The molecule has 4 fully saturated rings. The van der Waals surface area contributed by atoms with E-state index in [1.807, 2.05) is 24.3 Å². The van der Waals surface area contributed by atoms with Crippen LogP contribution < -0.4 is 16.2 Å². The molecule has 9 rings (SSSR count). The van der Waals surface area contributed by atoms with Crippen molar-refractivity contribution in [2.24, 2.45) is 41.5 Å². The number of fused-ring (bicyclic) bond motifs is 5. The summed E-state index contributed by atoms with van der Waals surface area (Å²) < 4.78 is 22.9. The molecular formula is C41H48FN7O4. The van der Waals surface area contributed by atoms with Gasteiger partial charge in [-0.25, -0.2) is 14.5 Å². The Bertz CT molecular complexity index is 2150. The van der Waals surface area contributed by atoms with Gasteiger partial charge in [-0.15, -0.1) is 0 Å². The number of H-pyrrole nitrogens is 1. The van der Waals surface area contributed by atoms with Gasteiger partial charge >= 0.3 is 0 Å². The van der Waals surface area contributed by atoms with Crippen molar-refractivity contribution in [2.75, 3.05) is 17.2 Å². The molecule has 0 saturated heterocycles. The zero-order valence-corrected chi connectivity index (χ0v) is 30.7. The van der Waals surface area contributed by atoms with Crippen molar-refractivity contribution in [3.05, 3.63) is 76.0 Å². The van der Waals surface area contributed by atoms with Crippen molar-refractivity contribution in [1.82, 2.24) is 25.0 Å². The van der Waals surface area contributed by atoms with Gasteiger partial charge in [0.1, 0.15) is 23.8 Å². The topological polar surface area (TPSA) is 144 Å². The number of aromatic amines is 1. The molecule has 1 amide bonds. The average Bonchev–Trinajstić information content (AvgIpc) is 3.71. The Balaban J connectivity index is 0.847. The van der Waals surface area contributed by atoms with Gasteiger partial charge in [0.05, 0.1) is 42.2 Å². The highest BCUT2D eigenvalue weighted by Crippen LogP contribution is 2.66. The lowest BCUT2D eigenvalue weighted by Gasteiger charge is -2.60. The van der Waals surface area contributed by atoms with Crippen LogP contribution in [0, 0.1) is 40.3 Å². The summed E-state index contributed by atoms with van der Waals surface area (Å²) in [4.78, 5) is 42.6. The molecule has 1 aliphatic heterocycles. The number of rotatable bonds is 7. The molecule has 2 aromatic carbocycles. The Morgan fingerprint density at radius 3 is 2.64 bits per heavy atom. The van der Waals surface area contributed by atoms with E-state index in [0.29, 0.717) is 69.8 Å². The number of aryl methyl sites for hydroxylation is 1. The number of amides is 1. The largest absolute Gasteiger partial charge is 0.377 e. The van der Waals surface area contributed by atoms with Crippen LogP contribution in [0.25, 0.3) is 10.8 Å². The fourth-order valence-electron chi connectivity index (χ4n) is 11.7. The lowest BCUT2D eigenvalue weighted by molar-refractivity contribution is -0.145. The summed E-state index contributed by atoms with van der Waals surface area (Å²) >= 11 is 0. The van der Waals surface area contributed by atoms with E-state index < -0.39 is 23.3 Å². The van der Waals surface area contributed by atoms with E-state index in [2.05, 4.69) is 44.8 Å². The number of hydrogen-bond acceptors (Lipinski definition) is 8. The van der Waals surface area contributed by atoms with Crippen LogP contribution in [0.1, 0.15) is 107 Å². The Hall–Kier alpha value is -4.45. The standard InChI is InChI=1S/C41H48FN7O4/c1-40-15-12-26(50)18-23(40)6-9-27-29-10-11-32(41(29,2)16-13-30(27)40)53-17-14-33(51)45-25-7-4-22(5-8-25)36-35(38-43-21-44-49(38)3)37-34-28(39(52)48-47-37)19-24(42)20-31(34)46-36/h4-5,7-8,19-21,23,27,29-30,32,35-36,46H,6,9-18H2,1-3H3,(H,45,51)(H,48,52)/t23-,27-,29-,30-,32-,35+,36+,40-,41-/m0/s1. The Morgan fingerprint density at radius 2 is 1.85 bits per heavy atom. The van der Waals surface area contributed by atoms with Crippen LogP contribution in [0.15, 0.2) is 47.5 Å². The number of carbonyl (C=O) groups excluding carboxylic acids is 2. The second-order valence-electron chi connectivity index (χ2n) is 17.0. The van der Waals surface area contributed by atoms with Gasteiger partial charge in [0, 0.05) is 36.7 Å². The van der Waals surface area contributed by atoms with Gasteiger partial charge in [-0.05, 0) is 109 Å². The average molecular weight is 722 g/mol. The number of nitrogens with one attached hydrogen (secondary N) is 3. The number of anilines is 2. The SMILES string of the molecule is Cn1ncnc1[C@H]1c2n[nH]c(=O)c3cc(F)cc(c23)N[C@@H]1c1ccc(NC(=O)CCO[C@H]2CC[C@H]3[C@@H]4CC[C@H]5CC(=O)CC[C@]5(C)[C@H]4CC[C@]23C)cc1. The van der Waals surface area contributed by atoms with Crippen molar-refractivity contribution in [2.45, 2.75) is 96.1 Å². The Morgan fingerprint density at radius 1 is 1.04 bits per heavy atom. The number of aromatic nitrogens is 5. The highest BCUT2D eigenvalue weighted by Gasteiger charge is 2.60. The first-order valence-electron chi connectivity index (χ1n) is 19.4. The number of nitrogens with zero attached hydrogens (tertiary/aromatic N) is 4. The third-order valence-electron chi connectivity index (χ3n) is 14.4. The van der Waals surface area contributed by atoms with Crippen LogP contribution in [0.2, 0.25) is 0 Å². The molecule has 0 unspecified atom stereocenters. The first kappa shape index (κ1) is 34.3. The first-order valence-corrected chi connectivity index (χ1v) is 19.4. The van der Waals surface area contributed by atoms with Gasteiger partial charge in [-0.3, -0.25) is 19.1 Å². The van der Waals surface area contributed by atoms with Gasteiger partial charge in [0.2, 0.25) is 5.91 Å². The third-order valence-corrected chi connectivity index (χ3v) is 14.4. The van der Waals surface area contributed by atoms with Crippen LogP contribution >= 0.6 is 0 Å². The molecule has 12 heteroatoms. The smallest absolute Gasteiger partial charge is 0.272 e. The van der Waals surface area contributed by atoms with Crippen LogP contribution in [-0.4, -0.2) is 49.4 Å². The maximum absolute atomic E-state index is 14.7. The van der Waals surface area contributed by atoms with Crippen molar-refractivity contribution in [3.8, 4) is 0 Å². The second kappa shape index (κ2) is 12.8. The van der Waals surface area contributed by atoms with E-state index in [1.165, 1.54) is 44.1 Å². The molecular weight excluding hydrogens is 673 g/mol. The number of hydrogen-bond donors (Lipinski definition) is 3. The van der Waals surface area contributed by atoms with E-state index in [4.69, 9.17) is 4.74 Å². The molecule has 5 aliphatic rings. The number of Topliss-reactive ketones (excluding diaryl/α,β-unsaturated/α-hetero) is 1. The summed E-state index contributed by atoms with van der Waals surface area (Å²) in [7, 11) is 1.80. The van der Waals surface area contributed by atoms with Crippen molar-refractivity contribution in [1.29, 1.82) is 0 Å². The molecule has 2 aromatic heterocycles. The summed E-state index contributed by atoms with van der Waals surface area (Å²) in [6, 6.07) is 9.77. The van der Waals surface area contributed by atoms with Crippen molar-refractivity contribution < 1.29 is 18.7 Å². The number of ether oxygens (including phenoxy) is 1. The lowest BCUT2D eigenvalue weighted by atomic mass is 9.45. The second-order valence-corrected chi connectivity index (χ2v) is 17.0. The molecule has 11 nitrogen and oxygen atoms in total. The van der Waals surface area contributed by atoms with Gasteiger partial charge < -0.3 is 15.4 Å². The Kier molecular flexibility index (Phi) is 8.32. The Labute approximate surface area is 307 Å². The minimum absolute atomic E-state index is 0.101. The van der Waals surface area contributed by atoms with Gasteiger partial charge in [-0.1, -0.05) is 26.0 Å². The summed E-state index contributed by atoms with van der Waals surface area (Å²) in [5.74, 6) is 2.67. The number of benzene rings is 2. The molecule has 278 valence electrons. The zero-order chi connectivity index (χ0) is 36.6. The third kappa shape index (κ3) is 5.62. The molecule has 4 saturated carbocycles. The summed E-state index contributed by atoms with van der Waals surface area (Å²) in [6.07, 6.45) is 11.6. The van der Waals surface area contributed by atoms with E-state index in [1.54, 1.807) is 11.7 Å². The lowest BCUT2D eigenvalue weighted by Crippen LogP contribution is -2.54. The highest BCUT2D eigenvalue weighted by molar-refractivity contribution is 5.97.